The zero-order valence-electron chi connectivity index (χ0n) is 15.9. The summed E-state index contributed by atoms with van der Waals surface area (Å²) in [6, 6.07) is 13.0. The van der Waals surface area contributed by atoms with Crippen molar-refractivity contribution in [3.8, 4) is 0 Å². The minimum atomic E-state index is -0.758. The molecule has 30 heavy (non-hydrogen) atoms. The predicted octanol–water partition coefficient (Wildman–Crippen LogP) is 2.68. The standard InChI is InChI=1S/C20H19ClN6O3/c21-15-6-7-17(27(13-22)24-23)18(9-15)26-11-19(29)25(10-20(26)30)16(12-28)8-14-4-2-1-3-5-14/h1-7,9,12-13,16,22-23H,8,10-11H2. The van der Waals surface area contributed by atoms with Crippen LogP contribution >= 0.6 is 11.6 Å². The van der Waals surface area contributed by atoms with Crippen molar-refractivity contribution >= 4 is 47.4 Å². The van der Waals surface area contributed by atoms with Crippen molar-refractivity contribution < 1.29 is 14.4 Å². The van der Waals surface area contributed by atoms with Crippen LogP contribution in [-0.4, -0.2) is 48.5 Å². The molecule has 0 aromatic heterocycles. The van der Waals surface area contributed by atoms with Crippen LogP contribution in [0.25, 0.3) is 0 Å². The molecular formula is C20H19ClN6O3. The number of rotatable bonds is 8. The first kappa shape index (κ1) is 21.1. The number of amides is 2. The van der Waals surface area contributed by atoms with Gasteiger partial charge >= 0.3 is 0 Å². The van der Waals surface area contributed by atoms with Gasteiger partial charge in [0.05, 0.1) is 17.4 Å². The SMILES string of the molecule is N=CN(N=N)c1ccc(Cl)cc1N1CC(=O)N(C(C=O)Cc2ccccc2)CC1=O. The summed E-state index contributed by atoms with van der Waals surface area (Å²) < 4.78 is 0. The number of nitrogens with zero attached hydrogens (tertiary/aromatic N) is 4. The van der Waals surface area contributed by atoms with E-state index in [-0.39, 0.29) is 24.5 Å². The second-order valence-corrected chi connectivity index (χ2v) is 7.04. The van der Waals surface area contributed by atoms with E-state index >= 15 is 0 Å². The van der Waals surface area contributed by atoms with Crippen LogP contribution in [0.2, 0.25) is 5.02 Å². The number of anilines is 2. The number of halogens is 1. The first-order valence-corrected chi connectivity index (χ1v) is 9.42. The maximum Gasteiger partial charge on any atom is 0.247 e. The molecule has 154 valence electrons. The lowest BCUT2D eigenvalue weighted by Gasteiger charge is -2.37. The van der Waals surface area contributed by atoms with Gasteiger partial charge in [0.2, 0.25) is 11.8 Å². The molecular weight excluding hydrogens is 408 g/mol. The summed E-state index contributed by atoms with van der Waals surface area (Å²) in [5.74, 6) is -0.800. The third-order valence-electron chi connectivity index (χ3n) is 4.77. The van der Waals surface area contributed by atoms with Crippen LogP contribution in [0, 0.1) is 10.9 Å². The maximum absolute atomic E-state index is 12.9. The largest absolute Gasteiger partial charge is 0.322 e. The van der Waals surface area contributed by atoms with Gasteiger partial charge in [-0.15, -0.1) is 0 Å². The molecule has 1 atom stereocenters. The lowest BCUT2D eigenvalue weighted by molar-refractivity contribution is -0.142. The topological polar surface area (TPSA) is 121 Å². The Morgan fingerprint density at radius 1 is 1.13 bits per heavy atom. The van der Waals surface area contributed by atoms with E-state index in [4.69, 9.17) is 22.5 Å². The Kier molecular flexibility index (Phi) is 6.53. The van der Waals surface area contributed by atoms with Crippen molar-refractivity contribution in [3.05, 3.63) is 59.1 Å². The monoisotopic (exact) mass is 426 g/mol. The second-order valence-electron chi connectivity index (χ2n) is 6.60. The van der Waals surface area contributed by atoms with Gasteiger partial charge in [-0.3, -0.25) is 19.9 Å². The number of carbonyl (C=O) groups is 3. The lowest BCUT2D eigenvalue weighted by Crippen LogP contribution is -2.58. The predicted molar refractivity (Wildman–Crippen MR) is 112 cm³/mol. The molecule has 1 heterocycles. The Morgan fingerprint density at radius 2 is 1.87 bits per heavy atom. The third kappa shape index (κ3) is 4.36. The molecule has 9 nitrogen and oxygen atoms in total. The van der Waals surface area contributed by atoms with E-state index < -0.39 is 17.9 Å². The molecule has 2 aromatic rings. The zero-order valence-corrected chi connectivity index (χ0v) is 16.6. The highest BCUT2D eigenvalue weighted by molar-refractivity contribution is 6.31. The summed E-state index contributed by atoms with van der Waals surface area (Å²) in [5, 5.41) is 11.9. The Hall–Kier alpha value is -3.59. The summed E-state index contributed by atoms with van der Waals surface area (Å²) in [6.07, 6.45) is 1.80. The van der Waals surface area contributed by atoms with Crippen LogP contribution in [0.1, 0.15) is 5.56 Å². The highest BCUT2D eigenvalue weighted by atomic mass is 35.5. The summed E-state index contributed by atoms with van der Waals surface area (Å²) in [6.45, 7) is -0.571. The molecule has 1 unspecified atom stereocenters. The summed E-state index contributed by atoms with van der Waals surface area (Å²) in [5.41, 5.74) is 8.62. The molecule has 10 heteroatoms. The Labute approximate surface area is 177 Å². The summed E-state index contributed by atoms with van der Waals surface area (Å²) in [4.78, 5) is 39.9. The molecule has 0 radical (unpaired) electrons. The fraction of sp³-hybridized carbons (Fsp3) is 0.200. The van der Waals surface area contributed by atoms with Gasteiger partial charge in [0, 0.05) is 5.02 Å². The number of aldehydes is 1. The van der Waals surface area contributed by atoms with Crippen molar-refractivity contribution in [3.63, 3.8) is 0 Å². The number of carbonyl (C=O) groups excluding carboxylic acids is 3. The lowest BCUT2D eigenvalue weighted by atomic mass is 10.0. The summed E-state index contributed by atoms with van der Waals surface area (Å²) in [7, 11) is 0. The third-order valence-corrected chi connectivity index (χ3v) is 5.01. The van der Waals surface area contributed by atoms with E-state index in [2.05, 4.69) is 5.22 Å². The van der Waals surface area contributed by atoms with Gasteiger partial charge in [0.1, 0.15) is 25.7 Å². The van der Waals surface area contributed by atoms with Gasteiger partial charge in [-0.1, -0.05) is 47.2 Å². The van der Waals surface area contributed by atoms with Gasteiger partial charge in [-0.25, -0.2) is 5.01 Å². The molecule has 0 spiro atoms. The van der Waals surface area contributed by atoms with Crippen LogP contribution in [0.3, 0.4) is 0 Å². The maximum atomic E-state index is 12.9. The van der Waals surface area contributed by atoms with E-state index in [9.17, 15) is 14.4 Å². The smallest absolute Gasteiger partial charge is 0.247 e. The molecule has 2 amide bonds. The molecule has 0 saturated carbocycles. The quantitative estimate of drug-likeness (QED) is 0.221. The van der Waals surface area contributed by atoms with E-state index in [0.29, 0.717) is 17.7 Å². The number of benzene rings is 2. The van der Waals surface area contributed by atoms with E-state index in [0.717, 1.165) is 16.9 Å². The average Bonchev–Trinajstić information content (AvgIpc) is 2.76. The molecule has 3 rings (SSSR count). The van der Waals surface area contributed by atoms with Gasteiger partial charge in [0.25, 0.3) is 0 Å². The van der Waals surface area contributed by atoms with Crippen molar-refractivity contribution in [2.75, 3.05) is 23.0 Å². The summed E-state index contributed by atoms with van der Waals surface area (Å²) >= 11 is 6.07. The van der Waals surface area contributed by atoms with Gasteiger partial charge in [0.15, 0.2) is 0 Å². The van der Waals surface area contributed by atoms with Crippen LogP contribution in [0.4, 0.5) is 11.4 Å². The number of hydrogen-bond donors (Lipinski definition) is 2. The van der Waals surface area contributed by atoms with E-state index in [1.165, 1.54) is 28.0 Å². The average molecular weight is 427 g/mol. The fourth-order valence-electron chi connectivity index (χ4n) is 3.30. The van der Waals surface area contributed by atoms with Crippen molar-refractivity contribution in [2.45, 2.75) is 12.5 Å². The first-order valence-electron chi connectivity index (χ1n) is 9.04. The minimum absolute atomic E-state index is 0.255. The molecule has 2 N–H and O–H groups in total. The molecule has 1 aliphatic rings. The zero-order chi connectivity index (χ0) is 21.7. The van der Waals surface area contributed by atoms with Crippen LogP contribution < -0.4 is 9.91 Å². The molecule has 2 aromatic carbocycles. The minimum Gasteiger partial charge on any atom is -0.322 e. The van der Waals surface area contributed by atoms with Gasteiger partial charge in [-0.2, -0.15) is 5.53 Å². The Morgan fingerprint density at radius 3 is 2.50 bits per heavy atom. The Balaban J connectivity index is 1.86. The molecule has 0 bridgehead atoms. The molecule has 1 saturated heterocycles. The second kappa shape index (κ2) is 9.27. The number of piperazine rings is 1. The van der Waals surface area contributed by atoms with Crippen LogP contribution in [-0.2, 0) is 20.8 Å². The van der Waals surface area contributed by atoms with Crippen molar-refractivity contribution in [1.82, 2.24) is 4.90 Å². The number of hydrogen-bond acceptors (Lipinski definition) is 6. The Bertz CT molecular complexity index is 976. The molecule has 0 aliphatic carbocycles. The van der Waals surface area contributed by atoms with E-state index in [1.807, 2.05) is 30.3 Å². The molecule has 1 fully saturated rings. The van der Waals surface area contributed by atoms with Crippen molar-refractivity contribution in [1.29, 1.82) is 10.9 Å². The van der Waals surface area contributed by atoms with Crippen molar-refractivity contribution in [2.24, 2.45) is 5.22 Å². The van der Waals surface area contributed by atoms with E-state index in [1.54, 1.807) is 0 Å². The van der Waals surface area contributed by atoms with Crippen LogP contribution in [0.15, 0.2) is 53.8 Å². The molecule has 1 aliphatic heterocycles. The first-order chi connectivity index (χ1) is 14.5. The van der Waals surface area contributed by atoms with Gasteiger partial charge < -0.3 is 9.69 Å². The fourth-order valence-corrected chi connectivity index (χ4v) is 3.47. The number of nitrogens with one attached hydrogen (secondary N) is 2. The normalized spacial score (nSPS) is 15.0. The highest BCUT2D eigenvalue weighted by Gasteiger charge is 2.36. The van der Waals surface area contributed by atoms with Gasteiger partial charge in [-0.05, 0) is 30.2 Å². The van der Waals surface area contributed by atoms with Crippen LogP contribution in [0.5, 0.6) is 0 Å². The highest BCUT2D eigenvalue weighted by Crippen LogP contribution is 2.33.